The monoisotopic (exact) mass is 418 g/mol. The fourth-order valence-electron chi connectivity index (χ4n) is 4.81. The molecule has 0 saturated carbocycles. The molecule has 8 heteroatoms. The molecule has 6 nitrogen and oxygen atoms in total. The van der Waals surface area contributed by atoms with E-state index in [-0.39, 0.29) is 11.5 Å². The lowest BCUT2D eigenvalue weighted by molar-refractivity contribution is -0.121. The number of halogens is 2. The summed E-state index contributed by atoms with van der Waals surface area (Å²) in [4.78, 5) is 35.1. The van der Waals surface area contributed by atoms with Gasteiger partial charge in [0, 0.05) is 29.2 Å². The number of hydrogen-bond acceptors (Lipinski definition) is 4. The number of anilines is 2. The first-order valence-corrected chi connectivity index (χ1v) is 10.4. The first kappa shape index (κ1) is 18.0. The average Bonchev–Trinajstić information content (AvgIpc) is 2.99. The molecule has 1 aliphatic carbocycles. The van der Waals surface area contributed by atoms with Crippen LogP contribution in [-0.4, -0.2) is 29.0 Å². The SMILES string of the molecule is O=C1Nc2c(Cl)ccc(Cl)c2C12CCN(c1nc3c(c(=O)[nH]1)CCCC3)CC2. The summed E-state index contributed by atoms with van der Waals surface area (Å²) in [6.07, 6.45) is 4.95. The summed E-state index contributed by atoms with van der Waals surface area (Å²) in [6, 6.07) is 3.46. The van der Waals surface area contributed by atoms with E-state index >= 15 is 0 Å². The van der Waals surface area contributed by atoms with E-state index in [2.05, 4.69) is 15.2 Å². The van der Waals surface area contributed by atoms with Crippen molar-refractivity contribution < 1.29 is 4.79 Å². The Morgan fingerprint density at radius 2 is 1.75 bits per heavy atom. The van der Waals surface area contributed by atoms with Crippen LogP contribution in [0.3, 0.4) is 0 Å². The summed E-state index contributed by atoms with van der Waals surface area (Å²) in [7, 11) is 0. The number of rotatable bonds is 1. The molecule has 1 fully saturated rings. The van der Waals surface area contributed by atoms with Gasteiger partial charge in [-0.2, -0.15) is 0 Å². The predicted octanol–water partition coefficient (Wildman–Crippen LogP) is 3.45. The van der Waals surface area contributed by atoms with Gasteiger partial charge in [-0.1, -0.05) is 23.2 Å². The van der Waals surface area contributed by atoms with E-state index in [0.717, 1.165) is 42.5 Å². The van der Waals surface area contributed by atoms with E-state index in [1.807, 2.05) is 0 Å². The van der Waals surface area contributed by atoms with Crippen LogP contribution in [0.5, 0.6) is 0 Å². The number of carbonyl (C=O) groups is 1. The molecule has 0 atom stereocenters. The second-order valence-corrected chi connectivity index (χ2v) is 8.64. The fourth-order valence-corrected chi connectivity index (χ4v) is 5.35. The third kappa shape index (κ3) is 2.58. The van der Waals surface area contributed by atoms with Crippen molar-refractivity contribution in [2.75, 3.05) is 23.3 Å². The molecule has 1 aromatic carbocycles. The topological polar surface area (TPSA) is 78.1 Å². The van der Waals surface area contributed by atoms with Crippen molar-refractivity contribution in [3.63, 3.8) is 0 Å². The maximum absolute atomic E-state index is 12.9. The molecule has 1 amide bonds. The molecule has 1 aromatic heterocycles. The zero-order valence-electron chi connectivity index (χ0n) is 15.3. The van der Waals surface area contributed by atoms with Crippen LogP contribution in [0, 0.1) is 0 Å². The van der Waals surface area contributed by atoms with Crippen LogP contribution in [0.1, 0.15) is 42.5 Å². The largest absolute Gasteiger partial charge is 0.342 e. The molecule has 28 heavy (non-hydrogen) atoms. The van der Waals surface area contributed by atoms with Gasteiger partial charge in [-0.05, 0) is 50.7 Å². The van der Waals surface area contributed by atoms with Gasteiger partial charge in [-0.3, -0.25) is 14.6 Å². The van der Waals surface area contributed by atoms with Crippen molar-refractivity contribution in [2.24, 2.45) is 0 Å². The Labute approximate surface area is 172 Å². The van der Waals surface area contributed by atoms with E-state index in [1.54, 1.807) is 12.1 Å². The number of hydrogen-bond donors (Lipinski definition) is 2. The third-order valence-corrected chi connectivity index (χ3v) is 6.98. The van der Waals surface area contributed by atoms with E-state index in [4.69, 9.17) is 28.2 Å². The number of aromatic amines is 1. The van der Waals surface area contributed by atoms with Gasteiger partial charge in [0.2, 0.25) is 11.9 Å². The van der Waals surface area contributed by atoms with Crippen LogP contribution >= 0.6 is 23.2 Å². The van der Waals surface area contributed by atoms with Crippen LogP contribution in [0.4, 0.5) is 11.6 Å². The molecular weight excluding hydrogens is 399 g/mol. The first-order valence-electron chi connectivity index (χ1n) is 9.66. The lowest BCUT2D eigenvalue weighted by Gasteiger charge is -2.38. The minimum absolute atomic E-state index is 0.0289. The van der Waals surface area contributed by atoms with E-state index < -0.39 is 5.41 Å². The number of aryl methyl sites for hydroxylation is 1. The third-order valence-electron chi connectivity index (χ3n) is 6.35. The molecule has 2 N–H and O–H groups in total. The van der Waals surface area contributed by atoms with Crippen molar-refractivity contribution in [3.8, 4) is 0 Å². The predicted molar refractivity (Wildman–Crippen MR) is 110 cm³/mol. The maximum atomic E-state index is 12.9. The Balaban J connectivity index is 1.45. The minimum atomic E-state index is -0.678. The summed E-state index contributed by atoms with van der Waals surface area (Å²) >= 11 is 12.7. The molecule has 3 heterocycles. The minimum Gasteiger partial charge on any atom is -0.342 e. The zero-order valence-corrected chi connectivity index (χ0v) is 16.8. The summed E-state index contributed by atoms with van der Waals surface area (Å²) < 4.78 is 0. The molecule has 2 aliphatic heterocycles. The van der Waals surface area contributed by atoms with Crippen LogP contribution in [-0.2, 0) is 23.1 Å². The van der Waals surface area contributed by atoms with Gasteiger partial charge in [0.25, 0.3) is 5.56 Å². The lowest BCUT2D eigenvalue weighted by Crippen LogP contribution is -2.47. The number of benzene rings is 1. The lowest BCUT2D eigenvalue weighted by atomic mass is 9.73. The summed E-state index contributed by atoms with van der Waals surface area (Å²) in [6.45, 7) is 1.22. The van der Waals surface area contributed by atoms with Gasteiger partial charge >= 0.3 is 0 Å². The number of amides is 1. The van der Waals surface area contributed by atoms with E-state index in [0.29, 0.717) is 47.6 Å². The first-order chi connectivity index (χ1) is 13.5. The van der Waals surface area contributed by atoms with Gasteiger partial charge in [0.1, 0.15) is 0 Å². The zero-order chi connectivity index (χ0) is 19.5. The molecule has 1 spiro atoms. The van der Waals surface area contributed by atoms with Crippen LogP contribution in [0.25, 0.3) is 0 Å². The Bertz CT molecular complexity index is 1040. The van der Waals surface area contributed by atoms with Crippen molar-refractivity contribution in [1.29, 1.82) is 0 Å². The number of nitrogens with zero attached hydrogens (tertiary/aromatic N) is 2. The second-order valence-electron chi connectivity index (χ2n) is 7.82. The molecular formula is C20H20Cl2N4O2. The number of piperidine rings is 1. The van der Waals surface area contributed by atoms with Gasteiger partial charge in [0.15, 0.2) is 0 Å². The standard InChI is InChI=1S/C20H20Cl2N4O2/c21-12-5-6-13(22)16-15(12)20(18(28)24-16)7-9-26(10-8-20)19-23-14-4-2-1-3-11(14)17(27)25-19/h5-6H,1-4,7-10H2,(H,24,28)(H,23,25,27). The fraction of sp³-hybridized carbons (Fsp3) is 0.450. The quantitative estimate of drug-likeness (QED) is 0.743. The molecule has 0 radical (unpaired) electrons. The highest BCUT2D eigenvalue weighted by Gasteiger charge is 2.50. The van der Waals surface area contributed by atoms with Gasteiger partial charge in [0.05, 0.1) is 21.8 Å². The second kappa shape index (κ2) is 6.49. The van der Waals surface area contributed by atoms with Crippen molar-refractivity contribution in [2.45, 2.75) is 43.9 Å². The van der Waals surface area contributed by atoms with Crippen LogP contribution in [0.15, 0.2) is 16.9 Å². The maximum Gasteiger partial charge on any atom is 0.255 e. The van der Waals surface area contributed by atoms with Crippen molar-refractivity contribution in [3.05, 3.63) is 49.4 Å². The highest BCUT2D eigenvalue weighted by Crippen LogP contribution is 2.50. The van der Waals surface area contributed by atoms with Crippen LogP contribution < -0.4 is 15.8 Å². The number of nitrogens with one attached hydrogen (secondary N) is 2. The Morgan fingerprint density at radius 3 is 2.54 bits per heavy atom. The molecule has 1 saturated heterocycles. The molecule has 2 aromatic rings. The van der Waals surface area contributed by atoms with Crippen LogP contribution in [0.2, 0.25) is 10.0 Å². The Hall–Kier alpha value is -2.05. The Kier molecular flexibility index (Phi) is 4.18. The number of H-pyrrole nitrogens is 1. The summed E-state index contributed by atoms with van der Waals surface area (Å²) in [5, 5.41) is 3.99. The molecule has 5 rings (SSSR count). The van der Waals surface area contributed by atoms with Gasteiger partial charge in [-0.25, -0.2) is 4.98 Å². The Morgan fingerprint density at radius 1 is 1.04 bits per heavy atom. The number of carbonyl (C=O) groups excluding carboxylic acids is 1. The smallest absolute Gasteiger partial charge is 0.255 e. The molecule has 146 valence electrons. The summed E-state index contributed by atoms with van der Waals surface area (Å²) in [5.41, 5.74) is 2.48. The highest BCUT2D eigenvalue weighted by atomic mass is 35.5. The molecule has 0 unspecified atom stereocenters. The summed E-state index contributed by atoms with van der Waals surface area (Å²) in [5.74, 6) is 0.556. The molecule has 0 bridgehead atoms. The van der Waals surface area contributed by atoms with Gasteiger partial charge < -0.3 is 10.2 Å². The number of fused-ring (bicyclic) bond motifs is 3. The van der Waals surface area contributed by atoms with Crippen molar-refractivity contribution >= 4 is 40.7 Å². The van der Waals surface area contributed by atoms with Gasteiger partial charge in [-0.15, -0.1) is 0 Å². The average molecular weight is 419 g/mol. The number of aromatic nitrogens is 2. The normalized spacial score (nSPS) is 20.1. The van der Waals surface area contributed by atoms with Crippen molar-refractivity contribution in [1.82, 2.24) is 9.97 Å². The highest BCUT2D eigenvalue weighted by molar-refractivity contribution is 6.38. The molecule has 3 aliphatic rings. The van der Waals surface area contributed by atoms with E-state index in [1.165, 1.54) is 0 Å². The van der Waals surface area contributed by atoms with E-state index in [9.17, 15) is 9.59 Å².